The molecule has 116 valence electrons. The number of sulfone groups is 1. The molecule has 0 radical (unpaired) electrons. The first kappa shape index (κ1) is 17.5. The zero-order valence-electron chi connectivity index (χ0n) is 11.8. The van der Waals surface area contributed by atoms with Gasteiger partial charge in [0.2, 0.25) is 0 Å². The first-order valence-corrected chi connectivity index (χ1v) is 8.34. The van der Waals surface area contributed by atoms with Gasteiger partial charge in [0, 0.05) is 17.9 Å². The van der Waals surface area contributed by atoms with Gasteiger partial charge in [0.05, 0.1) is 15.8 Å². The van der Waals surface area contributed by atoms with E-state index in [1.807, 2.05) is 0 Å². The number of aliphatic carboxylic acids is 1. The van der Waals surface area contributed by atoms with Gasteiger partial charge in [0.25, 0.3) is 5.91 Å². The van der Waals surface area contributed by atoms with Gasteiger partial charge < -0.3 is 10.4 Å². The molecular weight excluding hydrogens is 318 g/mol. The van der Waals surface area contributed by atoms with E-state index in [4.69, 9.17) is 16.7 Å². The topological polar surface area (TPSA) is 101 Å². The Kier molecular flexibility index (Phi) is 5.36. The van der Waals surface area contributed by atoms with Crippen molar-refractivity contribution in [3.8, 4) is 0 Å². The molecule has 2 atom stereocenters. The van der Waals surface area contributed by atoms with Gasteiger partial charge in [0.15, 0.2) is 9.84 Å². The lowest BCUT2D eigenvalue weighted by Crippen LogP contribution is -2.40. The summed E-state index contributed by atoms with van der Waals surface area (Å²) in [6.45, 7) is 3.03. The van der Waals surface area contributed by atoms with E-state index in [9.17, 15) is 18.0 Å². The quantitative estimate of drug-likeness (QED) is 0.852. The van der Waals surface area contributed by atoms with Gasteiger partial charge in [-0.2, -0.15) is 0 Å². The monoisotopic (exact) mass is 333 g/mol. The molecule has 21 heavy (non-hydrogen) atoms. The van der Waals surface area contributed by atoms with Crippen LogP contribution in [0.3, 0.4) is 0 Å². The summed E-state index contributed by atoms with van der Waals surface area (Å²) in [5.41, 5.74) is 0.101. The molecule has 2 N–H and O–H groups in total. The van der Waals surface area contributed by atoms with E-state index in [2.05, 4.69) is 5.32 Å². The van der Waals surface area contributed by atoms with Crippen molar-refractivity contribution in [1.29, 1.82) is 0 Å². The number of carboxylic acids is 1. The molecule has 1 aromatic rings. The first-order valence-electron chi connectivity index (χ1n) is 6.07. The Hall–Kier alpha value is -1.60. The third kappa shape index (κ3) is 4.44. The highest BCUT2D eigenvalue weighted by molar-refractivity contribution is 7.90. The van der Waals surface area contributed by atoms with Crippen LogP contribution in [0, 0.1) is 5.92 Å². The van der Waals surface area contributed by atoms with Crippen molar-refractivity contribution in [2.24, 2.45) is 5.92 Å². The van der Waals surface area contributed by atoms with E-state index in [1.54, 1.807) is 6.92 Å². The molecular formula is C13H16ClNO5S. The zero-order valence-corrected chi connectivity index (χ0v) is 13.3. The molecule has 0 aromatic heterocycles. The van der Waals surface area contributed by atoms with Crippen LogP contribution >= 0.6 is 11.6 Å². The lowest BCUT2D eigenvalue weighted by Gasteiger charge is -2.18. The van der Waals surface area contributed by atoms with Crippen molar-refractivity contribution >= 4 is 33.3 Å². The Bertz CT molecular complexity index is 671. The fourth-order valence-electron chi connectivity index (χ4n) is 1.56. The largest absolute Gasteiger partial charge is 0.481 e. The molecule has 2 unspecified atom stereocenters. The Morgan fingerprint density at radius 2 is 1.86 bits per heavy atom. The van der Waals surface area contributed by atoms with Crippen molar-refractivity contribution in [3.63, 3.8) is 0 Å². The molecule has 1 aromatic carbocycles. The summed E-state index contributed by atoms with van der Waals surface area (Å²) in [5, 5.41) is 11.4. The molecule has 1 rings (SSSR count). The standard InChI is InChI=1S/C13H16ClNO5S/c1-7(13(17)18)8(2)15-12(16)9-4-5-10(14)11(6-9)21(3,19)20/h4-8H,1-3H3,(H,15,16)(H,17,18). The Morgan fingerprint density at radius 1 is 1.29 bits per heavy atom. The predicted octanol–water partition coefficient (Wildman–Crippen LogP) is 1.58. The molecule has 6 nitrogen and oxygen atoms in total. The lowest BCUT2D eigenvalue weighted by molar-refractivity contribution is -0.141. The molecule has 0 aliphatic rings. The smallest absolute Gasteiger partial charge is 0.308 e. The molecule has 0 saturated heterocycles. The van der Waals surface area contributed by atoms with Gasteiger partial charge in [0.1, 0.15) is 0 Å². The summed E-state index contributed by atoms with van der Waals surface area (Å²) in [6, 6.07) is 3.26. The minimum Gasteiger partial charge on any atom is -0.481 e. The Balaban J connectivity index is 3.02. The molecule has 0 aliphatic carbocycles. The van der Waals surface area contributed by atoms with E-state index in [0.717, 1.165) is 6.26 Å². The maximum Gasteiger partial charge on any atom is 0.308 e. The molecule has 0 bridgehead atoms. The van der Waals surface area contributed by atoms with Crippen LogP contribution in [0.1, 0.15) is 24.2 Å². The van der Waals surface area contributed by atoms with Crippen molar-refractivity contribution in [3.05, 3.63) is 28.8 Å². The predicted molar refractivity (Wildman–Crippen MR) is 78.3 cm³/mol. The number of benzene rings is 1. The van der Waals surface area contributed by atoms with Gasteiger partial charge in [-0.3, -0.25) is 9.59 Å². The number of amides is 1. The molecule has 0 spiro atoms. The van der Waals surface area contributed by atoms with Crippen molar-refractivity contribution < 1.29 is 23.1 Å². The van der Waals surface area contributed by atoms with E-state index in [-0.39, 0.29) is 15.5 Å². The van der Waals surface area contributed by atoms with Crippen LogP contribution in [0.25, 0.3) is 0 Å². The zero-order chi connectivity index (χ0) is 16.4. The second-order valence-electron chi connectivity index (χ2n) is 4.81. The molecule has 8 heteroatoms. The fraction of sp³-hybridized carbons (Fsp3) is 0.385. The van der Waals surface area contributed by atoms with Gasteiger partial charge in [-0.15, -0.1) is 0 Å². The van der Waals surface area contributed by atoms with Crippen molar-refractivity contribution in [1.82, 2.24) is 5.32 Å². The molecule has 1 amide bonds. The highest BCUT2D eigenvalue weighted by atomic mass is 35.5. The van der Waals surface area contributed by atoms with E-state index >= 15 is 0 Å². The Labute approximate surface area is 128 Å². The summed E-state index contributed by atoms with van der Waals surface area (Å²) in [7, 11) is -3.55. The summed E-state index contributed by atoms with van der Waals surface area (Å²) < 4.78 is 23.1. The highest BCUT2D eigenvalue weighted by Crippen LogP contribution is 2.22. The SMILES string of the molecule is CC(NC(=O)c1ccc(Cl)c(S(C)(=O)=O)c1)C(C)C(=O)O. The van der Waals surface area contributed by atoms with Crippen LogP contribution < -0.4 is 5.32 Å². The number of carbonyl (C=O) groups excluding carboxylic acids is 1. The average molecular weight is 334 g/mol. The molecule has 0 aliphatic heterocycles. The number of carbonyl (C=O) groups is 2. The average Bonchev–Trinajstić information content (AvgIpc) is 2.36. The van der Waals surface area contributed by atoms with Gasteiger partial charge in [-0.25, -0.2) is 8.42 Å². The molecule has 0 heterocycles. The minimum atomic E-state index is -3.55. The number of hydrogen-bond donors (Lipinski definition) is 2. The van der Waals surface area contributed by atoms with Crippen LogP contribution in [-0.4, -0.2) is 37.7 Å². The van der Waals surface area contributed by atoms with Crippen molar-refractivity contribution in [2.75, 3.05) is 6.26 Å². The second-order valence-corrected chi connectivity index (χ2v) is 7.20. The van der Waals surface area contributed by atoms with Crippen molar-refractivity contribution in [2.45, 2.75) is 24.8 Å². The summed E-state index contributed by atoms with van der Waals surface area (Å²) in [5.74, 6) is -2.36. The van der Waals surface area contributed by atoms with Crippen LogP contribution in [-0.2, 0) is 14.6 Å². The number of nitrogens with one attached hydrogen (secondary N) is 1. The van der Waals surface area contributed by atoms with Crippen LogP contribution in [0.2, 0.25) is 5.02 Å². The van der Waals surface area contributed by atoms with Crippen LogP contribution in [0.15, 0.2) is 23.1 Å². The normalized spacial score (nSPS) is 14.3. The van der Waals surface area contributed by atoms with Gasteiger partial charge in [-0.05, 0) is 32.0 Å². The molecule has 0 fully saturated rings. The number of carboxylic acid groups (broad SMARTS) is 1. The third-order valence-corrected chi connectivity index (χ3v) is 4.67. The maximum absolute atomic E-state index is 12.0. The summed E-state index contributed by atoms with van der Waals surface area (Å²) in [4.78, 5) is 22.7. The summed E-state index contributed by atoms with van der Waals surface area (Å²) in [6.07, 6.45) is 0.991. The van der Waals surface area contributed by atoms with E-state index in [1.165, 1.54) is 25.1 Å². The number of rotatable bonds is 5. The minimum absolute atomic E-state index is 0.0287. The first-order chi connectivity index (χ1) is 9.54. The second kappa shape index (κ2) is 6.44. The Morgan fingerprint density at radius 3 is 2.33 bits per heavy atom. The number of hydrogen-bond acceptors (Lipinski definition) is 4. The lowest BCUT2D eigenvalue weighted by atomic mass is 10.0. The van der Waals surface area contributed by atoms with E-state index < -0.39 is 33.7 Å². The summed E-state index contributed by atoms with van der Waals surface area (Å²) >= 11 is 5.79. The van der Waals surface area contributed by atoms with Gasteiger partial charge >= 0.3 is 5.97 Å². The number of halogens is 1. The third-order valence-electron chi connectivity index (χ3n) is 3.09. The maximum atomic E-state index is 12.0. The van der Waals surface area contributed by atoms with E-state index in [0.29, 0.717) is 0 Å². The fourth-order valence-corrected chi connectivity index (χ4v) is 2.86. The molecule has 0 saturated carbocycles. The van der Waals surface area contributed by atoms with Crippen LogP contribution in [0.4, 0.5) is 0 Å². The van der Waals surface area contributed by atoms with Crippen LogP contribution in [0.5, 0.6) is 0 Å². The highest BCUT2D eigenvalue weighted by Gasteiger charge is 2.22. The van der Waals surface area contributed by atoms with Gasteiger partial charge in [-0.1, -0.05) is 11.6 Å².